The molecule has 0 atom stereocenters. The molecule has 0 aromatic rings. The second kappa shape index (κ2) is 9.62. The van der Waals surface area contributed by atoms with E-state index in [1.165, 1.54) is 0 Å². The van der Waals surface area contributed by atoms with Crippen LogP contribution in [0.3, 0.4) is 0 Å². The summed E-state index contributed by atoms with van der Waals surface area (Å²) in [6.07, 6.45) is 0. The van der Waals surface area contributed by atoms with Crippen molar-refractivity contribution in [3.05, 3.63) is 0 Å². The summed E-state index contributed by atoms with van der Waals surface area (Å²) in [6, 6.07) is 0. The van der Waals surface area contributed by atoms with Gasteiger partial charge in [-0.1, -0.05) is 21.6 Å². The van der Waals surface area contributed by atoms with Gasteiger partial charge in [-0.15, -0.1) is 0 Å². The van der Waals surface area contributed by atoms with Crippen molar-refractivity contribution < 1.29 is 9.47 Å². The quantitative estimate of drug-likeness (QED) is 0.440. The molecule has 0 aromatic carbocycles. The van der Waals surface area contributed by atoms with Crippen molar-refractivity contribution >= 4 is 21.6 Å². The van der Waals surface area contributed by atoms with Crippen LogP contribution in [0.5, 0.6) is 0 Å². The van der Waals surface area contributed by atoms with Crippen molar-refractivity contribution in [2.24, 2.45) is 0 Å². The Morgan fingerprint density at radius 2 is 1.30 bits per heavy atom. The summed E-state index contributed by atoms with van der Waals surface area (Å²) in [5.74, 6) is 2.12. The zero-order valence-corrected chi connectivity index (χ0v) is 8.09. The predicted octanol–water partition coefficient (Wildman–Crippen LogP) is 1.66. The normalized spacial score (nSPS) is 10.2. The zero-order chi connectivity index (χ0) is 7.66. The summed E-state index contributed by atoms with van der Waals surface area (Å²) in [6.45, 7) is 1.68. The van der Waals surface area contributed by atoms with E-state index in [0.717, 1.165) is 24.7 Å². The highest BCUT2D eigenvalue weighted by molar-refractivity contribution is 8.76. The van der Waals surface area contributed by atoms with E-state index in [2.05, 4.69) is 0 Å². The SMILES string of the molecule is COCCSSCCOC. The summed E-state index contributed by atoms with van der Waals surface area (Å²) < 4.78 is 9.77. The lowest BCUT2D eigenvalue weighted by Crippen LogP contribution is -1.92. The fourth-order valence-electron chi connectivity index (χ4n) is 0.353. The molecule has 0 amide bonds. The summed E-state index contributed by atoms with van der Waals surface area (Å²) >= 11 is 0. The van der Waals surface area contributed by atoms with Gasteiger partial charge in [-0.25, -0.2) is 0 Å². The third-order valence-corrected chi connectivity index (χ3v) is 3.16. The number of methoxy groups -OCH3 is 2. The minimum absolute atomic E-state index is 0.838. The van der Waals surface area contributed by atoms with E-state index < -0.39 is 0 Å². The van der Waals surface area contributed by atoms with Crippen LogP contribution in [0.25, 0.3) is 0 Å². The highest BCUT2D eigenvalue weighted by Crippen LogP contribution is 2.19. The van der Waals surface area contributed by atoms with Crippen molar-refractivity contribution in [2.75, 3.05) is 38.9 Å². The van der Waals surface area contributed by atoms with E-state index in [0.29, 0.717) is 0 Å². The Morgan fingerprint density at radius 1 is 0.900 bits per heavy atom. The molecule has 0 rings (SSSR count). The minimum atomic E-state index is 0.838. The first kappa shape index (κ1) is 10.6. The van der Waals surface area contributed by atoms with Crippen LogP contribution in [0, 0.1) is 0 Å². The lowest BCUT2D eigenvalue weighted by molar-refractivity contribution is 0.218. The van der Waals surface area contributed by atoms with Crippen LogP contribution in [0.2, 0.25) is 0 Å². The van der Waals surface area contributed by atoms with E-state index in [-0.39, 0.29) is 0 Å². The van der Waals surface area contributed by atoms with E-state index in [4.69, 9.17) is 9.47 Å². The van der Waals surface area contributed by atoms with Gasteiger partial charge in [-0.3, -0.25) is 0 Å². The topological polar surface area (TPSA) is 18.5 Å². The maximum absolute atomic E-state index is 4.88. The third-order valence-electron chi connectivity index (χ3n) is 0.825. The average Bonchev–Trinajstić information content (AvgIpc) is 1.97. The van der Waals surface area contributed by atoms with Gasteiger partial charge in [0.15, 0.2) is 0 Å². The van der Waals surface area contributed by atoms with Crippen LogP contribution in [0.15, 0.2) is 0 Å². The second-order valence-electron chi connectivity index (χ2n) is 1.63. The highest BCUT2D eigenvalue weighted by atomic mass is 33.1. The third kappa shape index (κ3) is 8.62. The smallest absolute Gasteiger partial charge is 0.0561 e. The van der Waals surface area contributed by atoms with Crippen molar-refractivity contribution in [1.29, 1.82) is 0 Å². The van der Waals surface area contributed by atoms with Gasteiger partial charge < -0.3 is 9.47 Å². The Labute approximate surface area is 70.4 Å². The van der Waals surface area contributed by atoms with Crippen molar-refractivity contribution in [3.8, 4) is 0 Å². The maximum atomic E-state index is 4.88. The molecule has 0 aliphatic rings. The first-order valence-electron chi connectivity index (χ1n) is 3.14. The first-order valence-corrected chi connectivity index (χ1v) is 5.63. The van der Waals surface area contributed by atoms with Crippen LogP contribution >= 0.6 is 21.6 Å². The molecule has 4 heteroatoms. The van der Waals surface area contributed by atoms with E-state index in [1.54, 1.807) is 14.2 Å². The summed E-state index contributed by atoms with van der Waals surface area (Å²) in [5.41, 5.74) is 0. The molecule has 0 N–H and O–H groups in total. The summed E-state index contributed by atoms with van der Waals surface area (Å²) in [5, 5.41) is 0. The summed E-state index contributed by atoms with van der Waals surface area (Å²) in [7, 11) is 7.10. The van der Waals surface area contributed by atoms with Gasteiger partial charge in [-0.2, -0.15) is 0 Å². The Kier molecular flexibility index (Phi) is 10.2. The van der Waals surface area contributed by atoms with E-state index in [1.807, 2.05) is 21.6 Å². The molecule has 2 nitrogen and oxygen atoms in total. The molecule has 0 aliphatic heterocycles. The van der Waals surface area contributed by atoms with Gasteiger partial charge in [0.1, 0.15) is 0 Å². The fraction of sp³-hybridized carbons (Fsp3) is 1.00. The van der Waals surface area contributed by atoms with Gasteiger partial charge in [0.2, 0.25) is 0 Å². The molecule has 0 aromatic heterocycles. The molecular formula is C6H14O2S2. The largest absolute Gasteiger partial charge is 0.384 e. The molecule has 0 radical (unpaired) electrons. The van der Waals surface area contributed by atoms with Crippen LogP contribution in [-0.4, -0.2) is 38.9 Å². The zero-order valence-electron chi connectivity index (χ0n) is 6.46. The molecule has 0 fully saturated rings. The maximum Gasteiger partial charge on any atom is 0.0561 e. The molecule has 0 unspecified atom stereocenters. The number of ether oxygens (including phenoxy) is 2. The number of rotatable bonds is 7. The van der Waals surface area contributed by atoms with Crippen molar-refractivity contribution in [2.45, 2.75) is 0 Å². The standard InChI is InChI=1S/C6H14O2S2/c1-7-3-5-9-10-6-4-8-2/h3-6H2,1-2H3. The fourth-order valence-corrected chi connectivity index (χ4v) is 2.17. The molecule has 0 spiro atoms. The Bertz CT molecular complexity index is 53.7. The molecular weight excluding hydrogens is 168 g/mol. The second-order valence-corrected chi connectivity index (χ2v) is 4.33. The van der Waals surface area contributed by atoms with Crippen LogP contribution in [0.1, 0.15) is 0 Å². The van der Waals surface area contributed by atoms with Gasteiger partial charge in [0.05, 0.1) is 13.2 Å². The first-order chi connectivity index (χ1) is 4.91. The number of hydrogen-bond donors (Lipinski definition) is 0. The van der Waals surface area contributed by atoms with Gasteiger partial charge in [0, 0.05) is 25.7 Å². The lowest BCUT2D eigenvalue weighted by atomic mass is 10.9. The van der Waals surface area contributed by atoms with Crippen LogP contribution < -0.4 is 0 Å². The van der Waals surface area contributed by atoms with Gasteiger partial charge in [0.25, 0.3) is 0 Å². The molecule has 62 valence electrons. The van der Waals surface area contributed by atoms with E-state index >= 15 is 0 Å². The van der Waals surface area contributed by atoms with Crippen molar-refractivity contribution in [3.63, 3.8) is 0 Å². The van der Waals surface area contributed by atoms with Crippen molar-refractivity contribution in [1.82, 2.24) is 0 Å². The molecule has 0 aliphatic carbocycles. The molecule has 0 saturated carbocycles. The Hall–Kier alpha value is 0.620. The minimum Gasteiger partial charge on any atom is -0.384 e. The van der Waals surface area contributed by atoms with Crippen LogP contribution in [-0.2, 0) is 9.47 Å². The molecule has 0 bridgehead atoms. The molecule has 0 heterocycles. The number of hydrogen-bond acceptors (Lipinski definition) is 4. The van der Waals surface area contributed by atoms with Gasteiger partial charge in [-0.05, 0) is 0 Å². The predicted molar refractivity (Wildman–Crippen MR) is 48.7 cm³/mol. The van der Waals surface area contributed by atoms with Crippen LogP contribution in [0.4, 0.5) is 0 Å². The van der Waals surface area contributed by atoms with Gasteiger partial charge >= 0.3 is 0 Å². The molecule has 10 heavy (non-hydrogen) atoms. The average molecular weight is 182 g/mol. The highest BCUT2D eigenvalue weighted by Gasteiger charge is 1.88. The lowest BCUT2D eigenvalue weighted by Gasteiger charge is -1.98. The molecule has 0 saturated heterocycles. The Morgan fingerprint density at radius 3 is 1.60 bits per heavy atom. The summed E-state index contributed by atoms with van der Waals surface area (Å²) in [4.78, 5) is 0. The monoisotopic (exact) mass is 182 g/mol. The van der Waals surface area contributed by atoms with E-state index in [9.17, 15) is 0 Å². The Balaban J connectivity index is 2.65.